The number of hydrogen-bond acceptors (Lipinski definition) is 4. The van der Waals surface area contributed by atoms with Gasteiger partial charge in [0.05, 0.1) is 11.7 Å². The first-order chi connectivity index (χ1) is 8.59. The van der Waals surface area contributed by atoms with E-state index < -0.39 is 0 Å². The molecule has 0 fully saturated rings. The summed E-state index contributed by atoms with van der Waals surface area (Å²) in [6.07, 6.45) is 3.79. The highest BCUT2D eigenvalue weighted by Crippen LogP contribution is 2.14. The molecule has 0 aliphatic rings. The second-order valence-electron chi connectivity index (χ2n) is 4.70. The van der Waals surface area contributed by atoms with Crippen molar-refractivity contribution in [3.63, 3.8) is 0 Å². The van der Waals surface area contributed by atoms with Gasteiger partial charge in [0.2, 0.25) is 0 Å². The van der Waals surface area contributed by atoms with Crippen LogP contribution < -0.4 is 5.32 Å². The molecule has 18 heavy (non-hydrogen) atoms. The minimum absolute atomic E-state index is 0.306. The number of aromatic nitrogens is 3. The summed E-state index contributed by atoms with van der Waals surface area (Å²) in [6, 6.07) is 2.57. The lowest BCUT2D eigenvalue weighted by molar-refractivity contribution is 0.362. The van der Waals surface area contributed by atoms with Gasteiger partial charge in [0.15, 0.2) is 0 Å². The van der Waals surface area contributed by atoms with Crippen LogP contribution in [-0.4, -0.2) is 21.0 Å². The van der Waals surface area contributed by atoms with E-state index in [1.165, 1.54) is 0 Å². The minimum Gasteiger partial charge on any atom is -0.361 e. The topological polar surface area (TPSA) is 55.9 Å². The second-order valence-corrected chi connectivity index (χ2v) is 4.70. The first-order valence-corrected chi connectivity index (χ1v) is 6.24. The van der Waals surface area contributed by atoms with Gasteiger partial charge in [0.1, 0.15) is 5.76 Å². The predicted molar refractivity (Wildman–Crippen MR) is 69.2 cm³/mol. The smallest absolute Gasteiger partial charge is 0.138 e. The van der Waals surface area contributed by atoms with E-state index in [9.17, 15) is 0 Å². The number of aryl methyl sites for hydroxylation is 2. The fourth-order valence-corrected chi connectivity index (χ4v) is 1.94. The maximum absolute atomic E-state index is 5.15. The molecular weight excluding hydrogens is 228 g/mol. The van der Waals surface area contributed by atoms with Crippen LogP contribution >= 0.6 is 0 Å². The molecule has 5 nitrogen and oxygen atoms in total. The largest absolute Gasteiger partial charge is 0.361 e. The normalized spacial score (nSPS) is 14.7. The number of rotatable bonds is 5. The van der Waals surface area contributed by atoms with Crippen molar-refractivity contribution < 1.29 is 4.52 Å². The number of nitrogens with one attached hydrogen (secondary N) is 1. The molecule has 0 bridgehead atoms. The first kappa shape index (κ1) is 12.8. The highest BCUT2D eigenvalue weighted by Gasteiger charge is 2.15. The second kappa shape index (κ2) is 5.35. The van der Waals surface area contributed by atoms with Crippen LogP contribution in [0.2, 0.25) is 0 Å². The average Bonchev–Trinajstić information content (AvgIpc) is 2.97. The number of nitrogens with zero attached hydrogens (tertiary/aromatic N) is 3. The van der Waals surface area contributed by atoms with Crippen LogP contribution in [0.3, 0.4) is 0 Å². The zero-order valence-electron chi connectivity index (χ0n) is 11.3. The lowest BCUT2D eigenvalue weighted by Gasteiger charge is -2.21. The molecule has 2 atom stereocenters. The Kier molecular flexibility index (Phi) is 3.81. The van der Waals surface area contributed by atoms with Crippen LogP contribution in [-0.2, 0) is 6.54 Å². The van der Waals surface area contributed by atoms with Gasteiger partial charge in [-0.1, -0.05) is 5.16 Å². The van der Waals surface area contributed by atoms with E-state index in [0.29, 0.717) is 12.1 Å². The molecule has 2 rings (SSSR count). The number of hydrogen-bond donors (Lipinski definition) is 1. The maximum atomic E-state index is 5.15. The molecule has 0 saturated heterocycles. The molecule has 0 radical (unpaired) electrons. The molecule has 0 spiro atoms. The zero-order chi connectivity index (χ0) is 13.1. The zero-order valence-corrected chi connectivity index (χ0v) is 11.3. The fraction of sp³-hybridized carbons (Fsp3) is 0.538. The van der Waals surface area contributed by atoms with Crippen molar-refractivity contribution in [2.75, 3.05) is 0 Å². The van der Waals surface area contributed by atoms with Crippen LogP contribution in [0.4, 0.5) is 0 Å². The fourth-order valence-electron chi connectivity index (χ4n) is 1.94. The van der Waals surface area contributed by atoms with Crippen molar-refractivity contribution in [3.8, 4) is 0 Å². The monoisotopic (exact) mass is 248 g/mol. The molecule has 0 unspecified atom stereocenters. The third-order valence-corrected chi connectivity index (χ3v) is 3.45. The van der Waals surface area contributed by atoms with Gasteiger partial charge in [0, 0.05) is 30.5 Å². The maximum Gasteiger partial charge on any atom is 0.138 e. The highest BCUT2D eigenvalue weighted by atomic mass is 16.5. The van der Waals surface area contributed by atoms with E-state index >= 15 is 0 Å². The Morgan fingerprint density at radius 1 is 1.39 bits per heavy atom. The van der Waals surface area contributed by atoms with Crippen molar-refractivity contribution in [3.05, 3.63) is 35.5 Å². The summed E-state index contributed by atoms with van der Waals surface area (Å²) in [6.45, 7) is 8.99. The van der Waals surface area contributed by atoms with E-state index in [2.05, 4.69) is 29.4 Å². The van der Waals surface area contributed by atoms with E-state index in [-0.39, 0.29) is 0 Å². The minimum atomic E-state index is 0.306. The summed E-state index contributed by atoms with van der Waals surface area (Å²) in [5, 5.41) is 11.7. The Bertz CT molecular complexity index is 470. The summed E-state index contributed by atoms with van der Waals surface area (Å²) >= 11 is 0. The highest BCUT2D eigenvalue weighted by molar-refractivity contribution is 5.20. The van der Waals surface area contributed by atoms with Gasteiger partial charge in [-0.05, 0) is 33.8 Å². The van der Waals surface area contributed by atoms with Crippen molar-refractivity contribution in [2.45, 2.75) is 46.3 Å². The van der Waals surface area contributed by atoms with E-state index in [4.69, 9.17) is 4.52 Å². The quantitative estimate of drug-likeness (QED) is 0.881. The molecule has 2 heterocycles. The van der Waals surface area contributed by atoms with Crippen LogP contribution in [0.1, 0.15) is 36.9 Å². The van der Waals surface area contributed by atoms with E-state index in [0.717, 1.165) is 23.6 Å². The van der Waals surface area contributed by atoms with Gasteiger partial charge >= 0.3 is 0 Å². The molecule has 0 saturated carbocycles. The van der Waals surface area contributed by atoms with E-state index in [1.54, 1.807) is 6.20 Å². The van der Waals surface area contributed by atoms with Gasteiger partial charge in [-0.15, -0.1) is 0 Å². The van der Waals surface area contributed by atoms with Crippen molar-refractivity contribution >= 4 is 0 Å². The van der Waals surface area contributed by atoms with Crippen molar-refractivity contribution in [2.24, 2.45) is 0 Å². The Hall–Kier alpha value is -1.62. The van der Waals surface area contributed by atoms with Gasteiger partial charge in [-0.25, -0.2) is 0 Å². The third kappa shape index (κ3) is 2.61. The van der Waals surface area contributed by atoms with Crippen LogP contribution in [0.15, 0.2) is 23.0 Å². The molecule has 0 aliphatic carbocycles. The Morgan fingerprint density at radius 3 is 2.72 bits per heavy atom. The van der Waals surface area contributed by atoms with Gasteiger partial charge < -0.3 is 9.84 Å². The molecular formula is C13H20N4O. The van der Waals surface area contributed by atoms with E-state index in [1.807, 2.05) is 30.8 Å². The van der Waals surface area contributed by atoms with Crippen molar-refractivity contribution in [1.29, 1.82) is 0 Å². The van der Waals surface area contributed by atoms with Crippen LogP contribution in [0, 0.1) is 13.8 Å². The molecule has 98 valence electrons. The van der Waals surface area contributed by atoms with Gasteiger partial charge in [0.25, 0.3) is 0 Å². The first-order valence-electron chi connectivity index (χ1n) is 6.24. The summed E-state index contributed by atoms with van der Waals surface area (Å²) in [4.78, 5) is 0. The predicted octanol–water partition coefficient (Wildman–Crippen LogP) is 2.23. The van der Waals surface area contributed by atoms with Crippen LogP contribution in [0.5, 0.6) is 0 Å². The summed E-state index contributed by atoms with van der Waals surface area (Å²) in [5.41, 5.74) is 2.11. The summed E-state index contributed by atoms with van der Waals surface area (Å²) in [5.74, 6) is 0.888. The Morgan fingerprint density at radius 2 is 2.17 bits per heavy atom. The molecule has 2 aromatic heterocycles. The summed E-state index contributed by atoms with van der Waals surface area (Å²) in [7, 11) is 0. The lowest BCUT2D eigenvalue weighted by Crippen LogP contribution is -2.33. The Balaban J connectivity index is 1.94. The lowest BCUT2D eigenvalue weighted by atomic mass is 10.1. The SMILES string of the molecule is Cc1noc(C)c1CN[C@@H](C)[C@@H](C)n1cccn1. The molecule has 2 aromatic rings. The average molecular weight is 248 g/mol. The standard InChI is InChI=1S/C13H20N4O/c1-9(11(3)17-7-5-6-15-17)14-8-13-10(2)16-18-12(13)4/h5-7,9,11,14H,8H2,1-4H3/t9-,11+/m0/s1. The molecule has 0 aromatic carbocycles. The van der Waals surface area contributed by atoms with Gasteiger partial charge in [-0.2, -0.15) is 5.10 Å². The van der Waals surface area contributed by atoms with Crippen molar-refractivity contribution in [1.82, 2.24) is 20.3 Å². The molecule has 1 N–H and O–H groups in total. The molecule has 0 amide bonds. The molecule has 5 heteroatoms. The van der Waals surface area contributed by atoms with Gasteiger partial charge in [-0.3, -0.25) is 4.68 Å². The summed E-state index contributed by atoms with van der Waals surface area (Å²) < 4.78 is 7.12. The Labute approximate surface area is 107 Å². The van der Waals surface area contributed by atoms with Crippen LogP contribution in [0.25, 0.3) is 0 Å². The molecule has 0 aliphatic heterocycles. The third-order valence-electron chi connectivity index (χ3n) is 3.45.